The summed E-state index contributed by atoms with van der Waals surface area (Å²) in [6, 6.07) is 10.5. The molecule has 3 rings (SSSR count). The van der Waals surface area contributed by atoms with E-state index in [9.17, 15) is 23.6 Å². The van der Waals surface area contributed by atoms with Crippen LogP contribution in [0.25, 0.3) is 0 Å². The number of amides is 2. The zero-order valence-corrected chi connectivity index (χ0v) is 16.1. The maximum atomic E-state index is 13.7. The minimum atomic E-state index is -1.17. The van der Waals surface area contributed by atoms with E-state index in [4.69, 9.17) is 4.74 Å². The van der Waals surface area contributed by atoms with E-state index < -0.39 is 42.0 Å². The number of ketones is 1. The maximum Gasteiger partial charge on any atom is 0.329 e. The number of ether oxygens (including phenoxy) is 1. The molecular weight excluding hydrogens is 377 g/mol. The first kappa shape index (κ1) is 20.4. The van der Waals surface area contributed by atoms with Crippen LogP contribution in [0.15, 0.2) is 48.5 Å². The first-order chi connectivity index (χ1) is 13.8. The van der Waals surface area contributed by atoms with Crippen molar-refractivity contribution < 1.29 is 28.3 Å². The largest absolute Gasteiger partial charge is 0.456 e. The number of imide groups is 1. The number of esters is 1. The highest BCUT2D eigenvalue weighted by molar-refractivity contribution is 6.22. The number of rotatable bonds is 7. The van der Waals surface area contributed by atoms with Gasteiger partial charge in [0.2, 0.25) is 5.78 Å². The third-order valence-electron chi connectivity index (χ3n) is 4.62. The molecule has 1 atom stereocenters. The fourth-order valence-corrected chi connectivity index (χ4v) is 3.24. The second-order valence-electron chi connectivity index (χ2n) is 7.18. The Morgan fingerprint density at radius 3 is 2.07 bits per heavy atom. The number of halogens is 1. The van der Waals surface area contributed by atoms with Crippen LogP contribution < -0.4 is 0 Å². The van der Waals surface area contributed by atoms with Gasteiger partial charge in [-0.15, -0.1) is 0 Å². The van der Waals surface area contributed by atoms with Gasteiger partial charge in [0.1, 0.15) is 11.9 Å². The van der Waals surface area contributed by atoms with Gasteiger partial charge in [-0.2, -0.15) is 0 Å². The van der Waals surface area contributed by atoms with Crippen molar-refractivity contribution in [2.24, 2.45) is 5.92 Å². The Labute approximate surface area is 167 Å². The number of fused-ring (bicyclic) bond motifs is 1. The molecule has 150 valence electrons. The number of carbonyl (C=O) groups excluding carboxylic acids is 4. The number of hydrogen-bond donors (Lipinski definition) is 0. The van der Waals surface area contributed by atoms with Crippen LogP contribution in [0.4, 0.5) is 4.39 Å². The van der Waals surface area contributed by atoms with Crippen LogP contribution in [0.5, 0.6) is 0 Å². The minimum Gasteiger partial charge on any atom is -0.456 e. The van der Waals surface area contributed by atoms with Gasteiger partial charge in [-0.25, -0.2) is 9.18 Å². The van der Waals surface area contributed by atoms with Crippen molar-refractivity contribution in [3.8, 4) is 0 Å². The van der Waals surface area contributed by atoms with Crippen molar-refractivity contribution in [1.29, 1.82) is 0 Å². The molecule has 2 aromatic carbocycles. The molecule has 0 aromatic heterocycles. The summed E-state index contributed by atoms with van der Waals surface area (Å²) in [5.74, 6) is -3.48. The molecule has 0 bridgehead atoms. The Balaban J connectivity index is 1.78. The second kappa shape index (κ2) is 8.34. The Morgan fingerprint density at radius 1 is 0.966 bits per heavy atom. The van der Waals surface area contributed by atoms with Crippen LogP contribution in [-0.2, 0) is 9.53 Å². The SMILES string of the molecule is CC(C)C[C@H](C(=O)OCC(=O)c1ccccc1F)N1C(=O)c2ccccc2C1=O. The molecule has 6 nitrogen and oxygen atoms in total. The predicted octanol–water partition coefficient (Wildman–Crippen LogP) is 3.26. The number of carbonyl (C=O) groups is 4. The molecule has 1 aliphatic rings. The predicted molar refractivity (Wildman–Crippen MR) is 102 cm³/mol. The van der Waals surface area contributed by atoms with Crippen molar-refractivity contribution in [3.63, 3.8) is 0 Å². The highest BCUT2D eigenvalue weighted by Crippen LogP contribution is 2.27. The van der Waals surface area contributed by atoms with Crippen LogP contribution in [0, 0.1) is 11.7 Å². The summed E-state index contributed by atoms with van der Waals surface area (Å²) in [5.41, 5.74) is 0.254. The lowest BCUT2D eigenvalue weighted by molar-refractivity contribution is -0.147. The van der Waals surface area contributed by atoms with Gasteiger partial charge < -0.3 is 4.74 Å². The Morgan fingerprint density at radius 2 is 1.52 bits per heavy atom. The third kappa shape index (κ3) is 4.08. The van der Waals surface area contributed by atoms with E-state index in [1.165, 1.54) is 30.3 Å². The summed E-state index contributed by atoms with van der Waals surface area (Å²) in [7, 11) is 0. The summed E-state index contributed by atoms with van der Waals surface area (Å²) in [4.78, 5) is 51.2. The highest BCUT2D eigenvalue weighted by Gasteiger charge is 2.43. The van der Waals surface area contributed by atoms with Gasteiger partial charge in [-0.3, -0.25) is 19.3 Å². The summed E-state index contributed by atoms with van der Waals surface area (Å²) in [6.07, 6.45) is 0.179. The summed E-state index contributed by atoms with van der Waals surface area (Å²) < 4.78 is 18.8. The van der Waals surface area contributed by atoms with E-state index in [-0.39, 0.29) is 29.0 Å². The van der Waals surface area contributed by atoms with Gasteiger partial charge >= 0.3 is 5.97 Å². The standard InChI is InChI=1S/C22H20FNO5/c1-13(2)11-18(24-20(26)14-7-3-4-8-15(14)21(24)27)22(28)29-12-19(25)16-9-5-6-10-17(16)23/h3-10,13,18H,11-12H2,1-2H3/t18-/m1/s1. The number of nitrogens with zero attached hydrogens (tertiary/aromatic N) is 1. The Bertz CT molecular complexity index is 950. The molecule has 0 aliphatic carbocycles. The smallest absolute Gasteiger partial charge is 0.329 e. The average Bonchev–Trinajstić information content (AvgIpc) is 2.95. The van der Waals surface area contributed by atoms with E-state index >= 15 is 0 Å². The van der Waals surface area contributed by atoms with Crippen molar-refractivity contribution in [1.82, 2.24) is 4.90 Å². The molecule has 1 heterocycles. The molecule has 0 N–H and O–H groups in total. The van der Waals surface area contributed by atoms with E-state index in [1.54, 1.807) is 12.1 Å². The molecule has 7 heteroatoms. The highest BCUT2D eigenvalue weighted by atomic mass is 19.1. The Kier molecular flexibility index (Phi) is 5.87. The van der Waals surface area contributed by atoms with Gasteiger partial charge in [-0.1, -0.05) is 38.1 Å². The molecule has 2 aromatic rings. The van der Waals surface area contributed by atoms with E-state index in [2.05, 4.69) is 0 Å². The first-order valence-corrected chi connectivity index (χ1v) is 9.22. The third-order valence-corrected chi connectivity index (χ3v) is 4.62. The van der Waals surface area contributed by atoms with Gasteiger partial charge in [0.25, 0.3) is 11.8 Å². The number of hydrogen-bond acceptors (Lipinski definition) is 5. The monoisotopic (exact) mass is 397 g/mol. The number of benzene rings is 2. The lowest BCUT2D eigenvalue weighted by atomic mass is 10.0. The average molecular weight is 397 g/mol. The molecule has 0 fully saturated rings. The zero-order valence-electron chi connectivity index (χ0n) is 16.1. The second-order valence-corrected chi connectivity index (χ2v) is 7.18. The normalized spacial score (nSPS) is 14.1. The quantitative estimate of drug-likeness (QED) is 0.407. The van der Waals surface area contributed by atoms with Crippen molar-refractivity contribution >= 4 is 23.6 Å². The van der Waals surface area contributed by atoms with Gasteiger partial charge in [0, 0.05) is 0 Å². The molecule has 2 amide bonds. The van der Waals surface area contributed by atoms with Gasteiger partial charge in [0.15, 0.2) is 6.61 Å². The lowest BCUT2D eigenvalue weighted by Gasteiger charge is -2.25. The van der Waals surface area contributed by atoms with Crippen LogP contribution >= 0.6 is 0 Å². The van der Waals surface area contributed by atoms with E-state index in [0.717, 1.165) is 11.0 Å². The lowest BCUT2D eigenvalue weighted by Crippen LogP contribution is -2.46. The molecule has 0 saturated heterocycles. The van der Waals surface area contributed by atoms with Crippen LogP contribution in [0.1, 0.15) is 51.3 Å². The van der Waals surface area contributed by atoms with Crippen molar-refractivity contribution in [3.05, 3.63) is 71.0 Å². The fraction of sp³-hybridized carbons (Fsp3) is 0.273. The minimum absolute atomic E-state index is 0.0286. The topological polar surface area (TPSA) is 80.8 Å². The van der Waals surface area contributed by atoms with E-state index in [1.807, 2.05) is 13.8 Å². The Hall–Kier alpha value is -3.35. The van der Waals surface area contributed by atoms with E-state index in [0.29, 0.717) is 0 Å². The maximum absolute atomic E-state index is 13.7. The molecule has 0 saturated carbocycles. The van der Waals surface area contributed by atoms with Crippen LogP contribution in [0.3, 0.4) is 0 Å². The van der Waals surface area contributed by atoms with Crippen molar-refractivity contribution in [2.45, 2.75) is 26.3 Å². The fourth-order valence-electron chi connectivity index (χ4n) is 3.24. The number of Topliss-reactive ketones (excluding diaryl/α,β-unsaturated/α-hetero) is 1. The summed E-state index contributed by atoms with van der Waals surface area (Å²) in [6.45, 7) is 2.99. The molecule has 1 aliphatic heterocycles. The molecule has 0 radical (unpaired) electrons. The van der Waals surface area contributed by atoms with Crippen LogP contribution in [0.2, 0.25) is 0 Å². The van der Waals surface area contributed by atoms with Gasteiger partial charge in [0.05, 0.1) is 16.7 Å². The molecule has 0 unspecified atom stereocenters. The van der Waals surface area contributed by atoms with Gasteiger partial charge in [-0.05, 0) is 36.6 Å². The molecule has 29 heavy (non-hydrogen) atoms. The molecular formula is C22H20FNO5. The first-order valence-electron chi connectivity index (χ1n) is 9.22. The van der Waals surface area contributed by atoms with Crippen molar-refractivity contribution in [2.75, 3.05) is 6.61 Å². The van der Waals surface area contributed by atoms with Crippen LogP contribution in [-0.4, -0.2) is 41.1 Å². The summed E-state index contributed by atoms with van der Waals surface area (Å²) >= 11 is 0. The summed E-state index contributed by atoms with van der Waals surface area (Å²) in [5, 5.41) is 0. The molecule has 0 spiro atoms. The zero-order chi connectivity index (χ0) is 21.1.